The Morgan fingerprint density at radius 2 is 1.48 bits per heavy atom. The van der Waals surface area contributed by atoms with Crippen molar-refractivity contribution in [3.63, 3.8) is 0 Å². The number of non-ortho nitro benzene ring substituents is 1. The first-order chi connectivity index (χ1) is 14.1. The van der Waals surface area contributed by atoms with Gasteiger partial charge in [-0.05, 0) is 22.4 Å². The van der Waals surface area contributed by atoms with Crippen LogP contribution in [0.25, 0.3) is 11.0 Å². The predicted molar refractivity (Wildman–Crippen MR) is 101 cm³/mol. The molecule has 3 aromatic carbocycles. The van der Waals surface area contributed by atoms with Gasteiger partial charge >= 0.3 is 5.69 Å². The molecule has 0 aliphatic heterocycles. The molecule has 0 bridgehead atoms. The zero-order valence-corrected chi connectivity index (χ0v) is 14.6. The van der Waals surface area contributed by atoms with E-state index in [9.17, 15) is 19.7 Å². The smallest absolute Gasteiger partial charge is 0.300 e. The highest BCUT2D eigenvalue weighted by molar-refractivity contribution is 6.30. The van der Waals surface area contributed by atoms with Crippen molar-refractivity contribution in [1.82, 2.24) is 10.3 Å². The summed E-state index contributed by atoms with van der Waals surface area (Å²) in [6.45, 7) is 0. The summed E-state index contributed by atoms with van der Waals surface area (Å²) in [6, 6.07) is 14.3. The number of carbonyl (C=O) groups is 2. The molecule has 0 unspecified atom stereocenters. The minimum atomic E-state index is -0.584. The van der Waals surface area contributed by atoms with Crippen LogP contribution in [-0.2, 0) is 0 Å². The third-order valence-electron chi connectivity index (χ3n) is 4.81. The highest BCUT2D eigenvalue weighted by atomic mass is 16.6. The van der Waals surface area contributed by atoms with Crippen LogP contribution in [0.1, 0.15) is 31.8 Å². The molecule has 0 spiro atoms. The monoisotopic (exact) mass is 386 g/mol. The summed E-state index contributed by atoms with van der Waals surface area (Å²) in [5, 5.41) is 21.5. The van der Waals surface area contributed by atoms with Gasteiger partial charge in [-0.25, -0.2) is 4.63 Å². The summed E-state index contributed by atoms with van der Waals surface area (Å²) in [5.41, 5.74) is 1.84. The van der Waals surface area contributed by atoms with Crippen LogP contribution in [0.2, 0.25) is 0 Å². The first kappa shape index (κ1) is 16.8. The van der Waals surface area contributed by atoms with Gasteiger partial charge in [0.15, 0.2) is 17.1 Å². The van der Waals surface area contributed by atoms with E-state index < -0.39 is 4.92 Å². The molecule has 9 nitrogen and oxygen atoms in total. The number of fused-ring (bicyclic) bond motifs is 3. The Labute approximate surface area is 162 Å². The molecule has 0 fully saturated rings. The van der Waals surface area contributed by atoms with Gasteiger partial charge in [0.1, 0.15) is 0 Å². The number of hydrogen-bond acceptors (Lipinski definition) is 8. The molecule has 140 valence electrons. The quantitative estimate of drug-likeness (QED) is 0.367. The summed E-state index contributed by atoms with van der Waals surface area (Å²) in [4.78, 5) is 36.5. The zero-order chi connectivity index (χ0) is 20.1. The van der Waals surface area contributed by atoms with Crippen molar-refractivity contribution in [3.8, 4) is 0 Å². The molecule has 1 heterocycles. The van der Waals surface area contributed by atoms with Crippen molar-refractivity contribution in [2.24, 2.45) is 0 Å². The van der Waals surface area contributed by atoms with E-state index in [1.54, 1.807) is 42.5 Å². The molecule has 29 heavy (non-hydrogen) atoms. The molecule has 0 atom stereocenters. The molecular formula is C20H10N4O5. The van der Waals surface area contributed by atoms with E-state index in [4.69, 9.17) is 0 Å². The number of nitrogens with one attached hydrogen (secondary N) is 1. The van der Waals surface area contributed by atoms with Gasteiger partial charge in [-0.2, -0.15) is 0 Å². The van der Waals surface area contributed by atoms with Crippen LogP contribution >= 0.6 is 0 Å². The van der Waals surface area contributed by atoms with Gasteiger partial charge in [0, 0.05) is 22.8 Å². The molecule has 1 aromatic heterocycles. The maximum absolute atomic E-state index is 13.1. The highest BCUT2D eigenvalue weighted by Gasteiger charge is 2.31. The number of anilines is 2. The van der Waals surface area contributed by atoms with Crippen LogP contribution in [0.5, 0.6) is 0 Å². The average molecular weight is 386 g/mol. The van der Waals surface area contributed by atoms with Crippen molar-refractivity contribution >= 4 is 39.7 Å². The molecule has 4 aromatic rings. The van der Waals surface area contributed by atoms with Crippen molar-refractivity contribution in [1.29, 1.82) is 0 Å². The summed E-state index contributed by atoms with van der Waals surface area (Å²) >= 11 is 0. The van der Waals surface area contributed by atoms with E-state index in [0.29, 0.717) is 22.5 Å². The van der Waals surface area contributed by atoms with Crippen molar-refractivity contribution < 1.29 is 19.1 Å². The summed E-state index contributed by atoms with van der Waals surface area (Å²) in [7, 11) is 0. The maximum Gasteiger partial charge on any atom is 0.300 e. The molecular weight excluding hydrogens is 376 g/mol. The molecule has 0 radical (unpaired) electrons. The molecule has 0 saturated heterocycles. The zero-order valence-electron chi connectivity index (χ0n) is 14.6. The second kappa shape index (κ2) is 6.06. The third-order valence-corrected chi connectivity index (χ3v) is 4.81. The van der Waals surface area contributed by atoms with Crippen LogP contribution in [0.15, 0.2) is 59.2 Å². The predicted octanol–water partition coefficient (Wildman–Crippen LogP) is 3.65. The van der Waals surface area contributed by atoms with Crippen LogP contribution < -0.4 is 5.32 Å². The Balaban J connectivity index is 1.65. The lowest BCUT2D eigenvalue weighted by Gasteiger charge is -2.20. The van der Waals surface area contributed by atoms with Crippen molar-refractivity contribution in [2.75, 3.05) is 5.32 Å². The van der Waals surface area contributed by atoms with E-state index in [1.807, 2.05) is 0 Å². The Kier molecular flexibility index (Phi) is 3.50. The largest absolute Gasteiger partial charge is 0.353 e. The second-order valence-corrected chi connectivity index (χ2v) is 6.41. The van der Waals surface area contributed by atoms with E-state index in [1.165, 1.54) is 12.1 Å². The van der Waals surface area contributed by atoms with Gasteiger partial charge in [-0.15, -0.1) is 0 Å². The summed E-state index contributed by atoms with van der Waals surface area (Å²) < 4.78 is 4.67. The standard InChI is InChI=1S/C20H10N4O5/c25-19-10-4-1-2-5-11(10)20(26)16-12(19)6-3-7-13(16)21-14-8-9-15(24(27)28)18-17(14)22-29-23-18/h1-9,21H. The van der Waals surface area contributed by atoms with E-state index in [2.05, 4.69) is 20.3 Å². The maximum atomic E-state index is 13.1. The Morgan fingerprint density at radius 3 is 2.24 bits per heavy atom. The van der Waals surface area contributed by atoms with Gasteiger partial charge in [0.2, 0.25) is 5.52 Å². The average Bonchev–Trinajstić information content (AvgIpc) is 3.22. The Bertz CT molecular complexity index is 1360. The first-order valence-corrected chi connectivity index (χ1v) is 8.54. The Morgan fingerprint density at radius 1 is 0.793 bits per heavy atom. The van der Waals surface area contributed by atoms with Crippen molar-refractivity contribution in [3.05, 3.63) is 87.0 Å². The number of nitro groups is 1. The molecule has 1 aliphatic rings. The Hall–Kier alpha value is -4.40. The number of ketones is 2. The number of aromatic nitrogens is 2. The molecule has 5 rings (SSSR count). The van der Waals surface area contributed by atoms with Gasteiger partial charge < -0.3 is 5.32 Å². The lowest BCUT2D eigenvalue weighted by atomic mass is 9.83. The van der Waals surface area contributed by atoms with E-state index in [0.717, 1.165) is 0 Å². The molecule has 9 heteroatoms. The number of carbonyl (C=O) groups excluding carboxylic acids is 2. The number of hydrogen-bond donors (Lipinski definition) is 1. The van der Waals surface area contributed by atoms with Crippen LogP contribution in [0.4, 0.5) is 17.1 Å². The summed E-state index contributed by atoms with van der Waals surface area (Å²) in [5.74, 6) is -0.523. The minimum absolute atomic E-state index is 0.0162. The first-order valence-electron chi connectivity index (χ1n) is 8.54. The number of benzene rings is 3. The van der Waals surface area contributed by atoms with Crippen LogP contribution in [0, 0.1) is 10.1 Å². The van der Waals surface area contributed by atoms with Gasteiger partial charge in [-0.3, -0.25) is 19.7 Å². The van der Waals surface area contributed by atoms with Crippen molar-refractivity contribution in [2.45, 2.75) is 0 Å². The van der Waals surface area contributed by atoms with E-state index in [-0.39, 0.29) is 39.4 Å². The molecule has 1 N–H and O–H groups in total. The number of rotatable bonds is 3. The molecule has 0 amide bonds. The molecule has 0 saturated carbocycles. The van der Waals surface area contributed by atoms with Gasteiger partial charge in [0.25, 0.3) is 0 Å². The van der Waals surface area contributed by atoms with Gasteiger partial charge in [0.05, 0.1) is 21.9 Å². The fourth-order valence-electron chi connectivity index (χ4n) is 3.50. The lowest BCUT2D eigenvalue weighted by molar-refractivity contribution is -0.383. The van der Waals surface area contributed by atoms with E-state index >= 15 is 0 Å². The topological polar surface area (TPSA) is 128 Å². The SMILES string of the molecule is O=C1c2ccccc2C(=O)c2c(Nc3ccc([N+](=O)[O-])c4nonc34)cccc21. The number of nitro benzene ring substituents is 1. The summed E-state index contributed by atoms with van der Waals surface area (Å²) in [6.07, 6.45) is 0. The lowest BCUT2D eigenvalue weighted by Crippen LogP contribution is -2.22. The van der Waals surface area contributed by atoms with Gasteiger partial charge in [-0.1, -0.05) is 36.4 Å². The molecule has 1 aliphatic carbocycles. The minimum Gasteiger partial charge on any atom is -0.353 e. The normalized spacial score (nSPS) is 12.6. The fraction of sp³-hybridized carbons (Fsp3) is 0. The number of nitrogens with zero attached hydrogens (tertiary/aromatic N) is 3. The second-order valence-electron chi connectivity index (χ2n) is 6.41. The third kappa shape index (κ3) is 2.41. The highest BCUT2D eigenvalue weighted by Crippen LogP contribution is 2.35. The fourth-order valence-corrected chi connectivity index (χ4v) is 3.50. The van der Waals surface area contributed by atoms with Crippen LogP contribution in [0.3, 0.4) is 0 Å². The van der Waals surface area contributed by atoms with Crippen LogP contribution in [-0.4, -0.2) is 26.8 Å².